The van der Waals surface area contributed by atoms with Crippen LogP contribution in [0.25, 0.3) is 10.8 Å². The molecule has 3 rings (SSSR count). The number of aromatic nitrogens is 1. The number of nitrogens with one attached hydrogen (secondary N) is 2. The second-order valence-electron chi connectivity index (χ2n) is 5.31. The Balaban J connectivity index is 1.91. The van der Waals surface area contributed by atoms with Crippen LogP contribution in [0.1, 0.15) is 4.88 Å². The molecule has 0 spiro atoms. The summed E-state index contributed by atoms with van der Waals surface area (Å²) >= 11 is 0.949. The first kappa shape index (κ1) is 18.1. The molecule has 0 amide bonds. The predicted octanol–water partition coefficient (Wildman–Crippen LogP) is 2.22. The fourth-order valence-corrected chi connectivity index (χ4v) is 4.68. The van der Waals surface area contributed by atoms with Crippen LogP contribution in [0.15, 0.2) is 56.8 Å². The van der Waals surface area contributed by atoms with Gasteiger partial charge in [-0.15, -0.1) is 11.3 Å². The summed E-state index contributed by atoms with van der Waals surface area (Å²) in [5, 5.41) is 13.2. The number of methoxy groups -OCH3 is 1. The van der Waals surface area contributed by atoms with Crippen molar-refractivity contribution in [2.75, 3.05) is 18.4 Å². The Labute approximate surface area is 152 Å². The van der Waals surface area contributed by atoms with Crippen molar-refractivity contribution in [3.05, 3.63) is 57.8 Å². The molecule has 2 aromatic heterocycles. The molecule has 0 unspecified atom stereocenters. The van der Waals surface area contributed by atoms with E-state index in [2.05, 4.69) is 14.9 Å². The van der Waals surface area contributed by atoms with Gasteiger partial charge in [0.15, 0.2) is 0 Å². The smallest absolute Gasteiger partial charge is 0.271 e. The highest BCUT2D eigenvalue weighted by atomic mass is 32.2. The van der Waals surface area contributed by atoms with Gasteiger partial charge in [0.25, 0.3) is 15.6 Å². The highest BCUT2D eigenvalue weighted by Crippen LogP contribution is 2.25. The summed E-state index contributed by atoms with van der Waals surface area (Å²) in [7, 11) is -2.41. The normalized spacial score (nSPS) is 12.4. The van der Waals surface area contributed by atoms with Gasteiger partial charge in [0.1, 0.15) is 9.92 Å². The number of anilines is 1. The largest absolute Gasteiger partial charge is 0.411 e. The standard InChI is InChI=1S/C16H15N3O5S2/c1-24-9-13(18-21)14-4-5-15(25-14)26(22,23)19-11-3-2-10-6-7-17-16(20)12(10)8-11/h2-8,19,21H,9H2,1H3,(H,17,20)/b18-13+. The average Bonchev–Trinajstić information content (AvgIpc) is 3.11. The van der Waals surface area contributed by atoms with Gasteiger partial charge in [-0.25, -0.2) is 8.42 Å². The van der Waals surface area contributed by atoms with Crippen molar-refractivity contribution < 1.29 is 18.4 Å². The number of hydrogen-bond donors (Lipinski definition) is 3. The zero-order valence-electron chi connectivity index (χ0n) is 13.6. The summed E-state index contributed by atoms with van der Waals surface area (Å²) in [6.07, 6.45) is 1.53. The van der Waals surface area contributed by atoms with Gasteiger partial charge in [-0.2, -0.15) is 0 Å². The molecule has 0 radical (unpaired) electrons. The Bertz CT molecular complexity index is 1130. The first-order valence-electron chi connectivity index (χ1n) is 7.39. The summed E-state index contributed by atoms with van der Waals surface area (Å²) < 4.78 is 32.6. The number of thiophene rings is 1. The average molecular weight is 393 g/mol. The summed E-state index contributed by atoms with van der Waals surface area (Å²) in [5.74, 6) is 0. The van der Waals surface area contributed by atoms with E-state index in [4.69, 9.17) is 9.94 Å². The molecule has 0 aliphatic carbocycles. The highest BCUT2D eigenvalue weighted by Gasteiger charge is 2.19. The minimum atomic E-state index is -3.85. The van der Waals surface area contributed by atoms with E-state index >= 15 is 0 Å². The van der Waals surface area contributed by atoms with Gasteiger partial charge in [-0.3, -0.25) is 9.52 Å². The van der Waals surface area contributed by atoms with Crippen molar-refractivity contribution in [1.82, 2.24) is 4.98 Å². The molecule has 10 heteroatoms. The molecule has 2 heterocycles. The number of nitrogens with zero attached hydrogens (tertiary/aromatic N) is 1. The van der Waals surface area contributed by atoms with E-state index in [0.717, 1.165) is 11.3 Å². The van der Waals surface area contributed by atoms with Crippen LogP contribution in [0.4, 0.5) is 5.69 Å². The van der Waals surface area contributed by atoms with Crippen molar-refractivity contribution in [2.45, 2.75) is 4.21 Å². The molecular weight excluding hydrogens is 378 g/mol. The van der Waals surface area contributed by atoms with Crippen LogP contribution >= 0.6 is 11.3 Å². The Kier molecular flexibility index (Phi) is 5.07. The molecular formula is C16H15N3O5S2. The molecule has 136 valence electrons. The van der Waals surface area contributed by atoms with Crippen LogP contribution in [0.2, 0.25) is 0 Å². The highest BCUT2D eigenvalue weighted by molar-refractivity contribution is 7.94. The van der Waals surface area contributed by atoms with Gasteiger partial charge in [-0.1, -0.05) is 11.2 Å². The van der Waals surface area contributed by atoms with E-state index in [1.165, 1.54) is 25.4 Å². The van der Waals surface area contributed by atoms with Gasteiger partial charge in [0.2, 0.25) is 0 Å². The first-order valence-corrected chi connectivity index (χ1v) is 9.69. The fraction of sp³-hybridized carbons (Fsp3) is 0.125. The second kappa shape index (κ2) is 7.28. The molecule has 0 aliphatic heterocycles. The third-order valence-electron chi connectivity index (χ3n) is 3.56. The number of sulfonamides is 1. The van der Waals surface area contributed by atoms with Crippen molar-refractivity contribution >= 4 is 43.5 Å². The van der Waals surface area contributed by atoms with E-state index in [-0.39, 0.29) is 27.8 Å². The quantitative estimate of drug-likeness (QED) is 0.337. The molecule has 3 N–H and O–H groups in total. The molecule has 0 saturated heterocycles. The number of oxime groups is 1. The minimum Gasteiger partial charge on any atom is -0.411 e. The topological polar surface area (TPSA) is 121 Å². The van der Waals surface area contributed by atoms with Crippen LogP contribution < -0.4 is 10.3 Å². The lowest BCUT2D eigenvalue weighted by Crippen LogP contribution is -2.12. The maximum Gasteiger partial charge on any atom is 0.271 e. The number of ether oxygens (including phenoxy) is 1. The zero-order chi connectivity index (χ0) is 18.7. The fourth-order valence-electron chi connectivity index (χ4n) is 2.36. The van der Waals surface area contributed by atoms with Crippen molar-refractivity contribution in [3.63, 3.8) is 0 Å². The summed E-state index contributed by atoms with van der Waals surface area (Å²) in [4.78, 5) is 14.9. The molecule has 26 heavy (non-hydrogen) atoms. The summed E-state index contributed by atoms with van der Waals surface area (Å²) in [6, 6.07) is 9.41. The van der Waals surface area contributed by atoms with Gasteiger partial charge in [0, 0.05) is 24.4 Å². The van der Waals surface area contributed by atoms with E-state index in [1.54, 1.807) is 24.3 Å². The Hall–Kier alpha value is -2.69. The van der Waals surface area contributed by atoms with Gasteiger partial charge in [0.05, 0.1) is 11.5 Å². The number of aromatic amines is 1. The third kappa shape index (κ3) is 3.62. The van der Waals surface area contributed by atoms with E-state index in [1.807, 2.05) is 0 Å². The summed E-state index contributed by atoms with van der Waals surface area (Å²) in [5.41, 5.74) is 0.207. The number of benzene rings is 1. The lowest BCUT2D eigenvalue weighted by molar-refractivity contribution is 0.238. The second-order valence-corrected chi connectivity index (χ2v) is 8.31. The third-order valence-corrected chi connectivity index (χ3v) is 6.57. The number of hydrogen-bond acceptors (Lipinski definition) is 7. The minimum absolute atomic E-state index is 0.0480. The van der Waals surface area contributed by atoms with E-state index < -0.39 is 10.0 Å². The lowest BCUT2D eigenvalue weighted by atomic mass is 10.1. The van der Waals surface area contributed by atoms with Crippen molar-refractivity contribution in [1.29, 1.82) is 0 Å². The first-order chi connectivity index (χ1) is 12.4. The molecule has 0 bridgehead atoms. The number of pyridine rings is 1. The lowest BCUT2D eigenvalue weighted by Gasteiger charge is -2.07. The Morgan fingerprint density at radius 2 is 2.12 bits per heavy atom. The Morgan fingerprint density at radius 3 is 2.85 bits per heavy atom. The SMILES string of the molecule is COC/C(=N\O)c1ccc(S(=O)(=O)Nc2ccc3cc[nH]c(=O)c3c2)s1. The molecule has 3 aromatic rings. The van der Waals surface area contributed by atoms with Crippen LogP contribution in [-0.4, -0.2) is 38.0 Å². The van der Waals surface area contributed by atoms with E-state index in [0.29, 0.717) is 15.6 Å². The van der Waals surface area contributed by atoms with Gasteiger partial charge >= 0.3 is 0 Å². The predicted molar refractivity (Wildman–Crippen MR) is 99.9 cm³/mol. The summed E-state index contributed by atoms with van der Waals surface area (Å²) in [6.45, 7) is 0.0530. The number of rotatable bonds is 6. The van der Waals surface area contributed by atoms with Crippen molar-refractivity contribution in [3.8, 4) is 0 Å². The molecule has 1 aromatic carbocycles. The van der Waals surface area contributed by atoms with Gasteiger partial charge in [-0.05, 0) is 35.7 Å². The van der Waals surface area contributed by atoms with Crippen molar-refractivity contribution in [2.24, 2.45) is 5.16 Å². The number of H-pyrrole nitrogens is 1. The molecule has 0 aliphatic rings. The molecule has 8 nitrogen and oxygen atoms in total. The maximum atomic E-state index is 12.6. The van der Waals surface area contributed by atoms with Crippen LogP contribution in [0.3, 0.4) is 0 Å². The molecule has 0 saturated carbocycles. The van der Waals surface area contributed by atoms with Gasteiger partial charge < -0.3 is 14.9 Å². The van der Waals surface area contributed by atoms with Crippen LogP contribution in [-0.2, 0) is 14.8 Å². The monoisotopic (exact) mass is 393 g/mol. The van der Waals surface area contributed by atoms with E-state index in [9.17, 15) is 13.2 Å². The van der Waals surface area contributed by atoms with Crippen LogP contribution in [0, 0.1) is 0 Å². The number of fused-ring (bicyclic) bond motifs is 1. The Morgan fingerprint density at radius 1 is 1.31 bits per heavy atom. The van der Waals surface area contributed by atoms with Crippen LogP contribution in [0.5, 0.6) is 0 Å². The zero-order valence-corrected chi connectivity index (χ0v) is 15.2. The maximum absolute atomic E-state index is 12.6. The molecule has 0 atom stereocenters. The molecule has 0 fully saturated rings.